The zero-order chi connectivity index (χ0) is 15.5. The van der Waals surface area contributed by atoms with Crippen LogP contribution in [0.3, 0.4) is 0 Å². The molecule has 0 aliphatic carbocycles. The van der Waals surface area contributed by atoms with Crippen LogP contribution in [0.2, 0.25) is 0 Å². The highest BCUT2D eigenvalue weighted by atomic mass is 32.2. The fraction of sp³-hybridized carbons (Fsp3) is 0.267. The SMILES string of the molecule is CCN(Cc1ccccc1C)S(=O)(=O)c1c[nH]ccc1=O. The van der Waals surface area contributed by atoms with Crippen LogP contribution in [0.1, 0.15) is 18.1 Å². The summed E-state index contributed by atoms with van der Waals surface area (Å²) in [5.74, 6) is 0. The number of H-pyrrole nitrogens is 1. The minimum Gasteiger partial charge on any atom is -0.366 e. The van der Waals surface area contributed by atoms with Crippen LogP contribution in [0.25, 0.3) is 0 Å². The Bertz CT molecular complexity index is 781. The van der Waals surface area contributed by atoms with Crippen molar-refractivity contribution in [2.24, 2.45) is 0 Å². The molecule has 0 spiro atoms. The van der Waals surface area contributed by atoms with Crippen molar-refractivity contribution in [3.63, 3.8) is 0 Å². The summed E-state index contributed by atoms with van der Waals surface area (Å²) in [6.07, 6.45) is 2.65. The van der Waals surface area contributed by atoms with E-state index in [1.807, 2.05) is 31.2 Å². The normalized spacial score (nSPS) is 11.8. The third-order valence-corrected chi connectivity index (χ3v) is 5.31. The van der Waals surface area contributed by atoms with Crippen LogP contribution in [0.15, 0.2) is 52.4 Å². The van der Waals surface area contributed by atoms with Gasteiger partial charge in [-0.2, -0.15) is 4.31 Å². The summed E-state index contributed by atoms with van der Waals surface area (Å²) in [4.78, 5) is 14.2. The summed E-state index contributed by atoms with van der Waals surface area (Å²) in [7, 11) is -3.81. The van der Waals surface area contributed by atoms with Gasteiger partial charge in [0.1, 0.15) is 4.90 Å². The van der Waals surface area contributed by atoms with Gasteiger partial charge in [-0.25, -0.2) is 8.42 Å². The van der Waals surface area contributed by atoms with E-state index in [0.717, 1.165) is 11.1 Å². The molecule has 0 amide bonds. The Morgan fingerprint density at radius 2 is 1.90 bits per heavy atom. The number of hydrogen-bond donors (Lipinski definition) is 1. The van der Waals surface area contributed by atoms with Gasteiger partial charge in [-0.3, -0.25) is 4.79 Å². The molecular formula is C15H18N2O3S. The highest BCUT2D eigenvalue weighted by Crippen LogP contribution is 2.17. The minimum atomic E-state index is -3.81. The maximum absolute atomic E-state index is 12.6. The maximum atomic E-state index is 12.6. The van der Waals surface area contributed by atoms with Gasteiger partial charge in [-0.1, -0.05) is 31.2 Å². The fourth-order valence-electron chi connectivity index (χ4n) is 2.09. The highest BCUT2D eigenvalue weighted by molar-refractivity contribution is 7.89. The lowest BCUT2D eigenvalue weighted by Gasteiger charge is -2.21. The average Bonchev–Trinajstić information content (AvgIpc) is 2.46. The number of aromatic nitrogens is 1. The van der Waals surface area contributed by atoms with Crippen molar-refractivity contribution < 1.29 is 8.42 Å². The third-order valence-electron chi connectivity index (χ3n) is 3.37. The third kappa shape index (κ3) is 3.22. The predicted octanol–water partition coefficient (Wildman–Crippen LogP) is 1.89. The van der Waals surface area contributed by atoms with Crippen molar-refractivity contribution >= 4 is 10.0 Å². The lowest BCUT2D eigenvalue weighted by Crippen LogP contribution is -2.33. The summed E-state index contributed by atoms with van der Waals surface area (Å²) < 4.78 is 26.5. The molecule has 2 rings (SSSR count). The van der Waals surface area contributed by atoms with E-state index >= 15 is 0 Å². The fourth-order valence-corrected chi connectivity index (χ4v) is 3.55. The first-order valence-corrected chi connectivity index (χ1v) is 8.12. The number of aromatic amines is 1. The highest BCUT2D eigenvalue weighted by Gasteiger charge is 2.26. The van der Waals surface area contributed by atoms with Gasteiger partial charge in [0, 0.05) is 31.5 Å². The minimum absolute atomic E-state index is 0.222. The van der Waals surface area contributed by atoms with Gasteiger partial charge in [0.25, 0.3) is 0 Å². The van der Waals surface area contributed by atoms with Crippen LogP contribution in [0.4, 0.5) is 0 Å². The summed E-state index contributed by atoms with van der Waals surface area (Å²) in [5, 5.41) is 0. The standard InChI is InChI=1S/C15H18N2O3S/c1-3-17(11-13-7-5-4-6-12(13)2)21(19,20)15-10-16-9-8-14(15)18/h4-10H,3,11H2,1-2H3,(H,16,18). The number of sulfonamides is 1. The first kappa shape index (κ1) is 15.5. The predicted molar refractivity (Wildman–Crippen MR) is 81.5 cm³/mol. The second-order valence-electron chi connectivity index (χ2n) is 4.73. The van der Waals surface area contributed by atoms with Gasteiger partial charge in [0.05, 0.1) is 0 Å². The Kier molecular flexibility index (Phi) is 4.59. The number of benzene rings is 1. The van der Waals surface area contributed by atoms with Crippen molar-refractivity contribution in [1.82, 2.24) is 9.29 Å². The molecule has 1 aromatic heterocycles. The first-order valence-electron chi connectivity index (χ1n) is 6.68. The number of aryl methyl sites for hydroxylation is 1. The van der Waals surface area contributed by atoms with E-state index in [1.165, 1.54) is 22.8 Å². The second kappa shape index (κ2) is 6.24. The average molecular weight is 306 g/mol. The molecule has 0 fully saturated rings. The molecule has 112 valence electrons. The lowest BCUT2D eigenvalue weighted by molar-refractivity contribution is 0.422. The van der Waals surface area contributed by atoms with E-state index in [1.54, 1.807) is 6.92 Å². The summed E-state index contributed by atoms with van der Waals surface area (Å²) in [6.45, 7) is 4.24. The van der Waals surface area contributed by atoms with Crippen LogP contribution in [-0.4, -0.2) is 24.3 Å². The molecule has 0 unspecified atom stereocenters. The van der Waals surface area contributed by atoms with Crippen LogP contribution in [0.5, 0.6) is 0 Å². The van der Waals surface area contributed by atoms with Crippen molar-refractivity contribution in [2.75, 3.05) is 6.54 Å². The van der Waals surface area contributed by atoms with E-state index in [4.69, 9.17) is 0 Å². The molecule has 0 radical (unpaired) electrons. The molecule has 0 atom stereocenters. The molecular weight excluding hydrogens is 288 g/mol. The number of nitrogens with zero attached hydrogens (tertiary/aromatic N) is 1. The van der Waals surface area contributed by atoms with E-state index in [0.29, 0.717) is 6.54 Å². The number of hydrogen-bond acceptors (Lipinski definition) is 3. The lowest BCUT2D eigenvalue weighted by atomic mass is 10.1. The Balaban J connectivity index is 2.40. The Morgan fingerprint density at radius 1 is 1.19 bits per heavy atom. The molecule has 0 saturated heterocycles. The van der Waals surface area contributed by atoms with E-state index in [9.17, 15) is 13.2 Å². The number of nitrogens with one attached hydrogen (secondary N) is 1. The summed E-state index contributed by atoms with van der Waals surface area (Å²) >= 11 is 0. The van der Waals surface area contributed by atoms with Crippen LogP contribution < -0.4 is 5.43 Å². The monoisotopic (exact) mass is 306 g/mol. The molecule has 1 aromatic carbocycles. The van der Waals surface area contributed by atoms with Gasteiger partial charge >= 0.3 is 0 Å². The Morgan fingerprint density at radius 3 is 2.52 bits per heavy atom. The molecule has 0 aliphatic rings. The van der Waals surface area contributed by atoms with Gasteiger partial charge in [-0.05, 0) is 18.1 Å². The molecule has 6 heteroatoms. The summed E-state index contributed by atoms with van der Waals surface area (Å²) in [5.41, 5.74) is 1.44. The maximum Gasteiger partial charge on any atom is 0.248 e. The van der Waals surface area contributed by atoms with Gasteiger partial charge in [0.2, 0.25) is 15.5 Å². The molecule has 0 saturated carbocycles. The first-order chi connectivity index (χ1) is 9.96. The van der Waals surface area contributed by atoms with Crippen molar-refractivity contribution in [2.45, 2.75) is 25.3 Å². The van der Waals surface area contributed by atoms with Crippen LogP contribution in [0, 0.1) is 6.92 Å². The molecule has 1 heterocycles. The van der Waals surface area contributed by atoms with E-state index in [-0.39, 0.29) is 11.4 Å². The second-order valence-corrected chi connectivity index (χ2v) is 6.64. The van der Waals surface area contributed by atoms with Gasteiger partial charge in [-0.15, -0.1) is 0 Å². The zero-order valence-corrected chi connectivity index (χ0v) is 12.9. The van der Waals surface area contributed by atoms with Crippen LogP contribution >= 0.6 is 0 Å². The van der Waals surface area contributed by atoms with Crippen molar-refractivity contribution in [3.05, 3.63) is 64.1 Å². The Labute approximate surface area is 124 Å². The number of rotatable bonds is 5. The molecule has 0 aliphatic heterocycles. The molecule has 5 nitrogen and oxygen atoms in total. The smallest absolute Gasteiger partial charge is 0.248 e. The van der Waals surface area contributed by atoms with Gasteiger partial charge in [0.15, 0.2) is 0 Å². The Hall–Kier alpha value is -1.92. The van der Waals surface area contributed by atoms with E-state index < -0.39 is 15.5 Å². The van der Waals surface area contributed by atoms with Crippen molar-refractivity contribution in [3.8, 4) is 0 Å². The number of pyridine rings is 1. The molecule has 2 aromatic rings. The molecule has 1 N–H and O–H groups in total. The van der Waals surface area contributed by atoms with Gasteiger partial charge < -0.3 is 4.98 Å². The largest absolute Gasteiger partial charge is 0.366 e. The van der Waals surface area contributed by atoms with Crippen LogP contribution in [-0.2, 0) is 16.6 Å². The molecule has 21 heavy (non-hydrogen) atoms. The zero-order valence-electron chi connectivity index (χ0n) is 12.0. The van der Waals surface area contributed by atoms with Crippen molar-refractivity contribution in [1.29, 1.82) is 0 Å². The van der Waals surface area contributed by atoms with E-state index in [2.05, 4.69) is 4.98 Å². The summed E-state index contributed by atoms with van der Waals surface area (Å²) in [6, 6.07) is 8.83. The molecule has 0 bridgehead atoms. The topological polar surface area (TPSA) is 70.2 Å². The quantitative estimate of drug-likeness (QED) is 0.917.